The number of nitrogens with zero attached hydrogens (tertiary/aromatic N) is 5. The van der Waals surface area contributed by atoms with Gasteiger partial charge in [-0.1, -0.05) is 37.3 Å². The zero-order chi connectivity index (χ0) is 18.1. The predicted octanol–water partition coefficient (Wildman–Crippen LogP) is 3.21. The van der Waals surface area contributed by atoms with Crippen LogP contribution in [-0.2, 0) is 13.1 Å². The third kappa shape index (κ3) is 2.93. The lowest BCUT2D eigenvalue weighted by Gasteiger charge is -2.17. The van der Waals surface area contributed by atoms with E-state index in [0.29, 0.717) is 13.1 Å². The molecule has 0 aliphatic carbocycles. The lowest BCUT2D eigenvalue weighted by Crippen LogP contribution is -2.20. The van der Waals surface area contributed by atoms with Crippen LogP contribution in [0.25, 0.3) is 5.69 Å². The van der Waals surface area contributed by atoms with E-state index in [-0.39, 0.29) is 5.82 Å². The van der Waals surface area contributed by atoms with Crippen LogP contribution < -0.4 is 0 Å². The Bertz CT molecular complexity index is 962. The summed E-state index contributed by atoms with van der Waals surface area (Å²) >= 11 is 0. The van der Waals surface area contributed by atoms with E-state index in [2.05, 4.69) is 22.0 Å². The fourth-order valence-corrected chi connectivity index (χ4v) is 3.16. The molecule has 5 nitrogen and oxygen atoms in total. The highest BCUT2D eigenvalue weighted by atomic mass is 19.1. The van der Waals surface area contributed by atoms with Crippen LogP contribution in [0, 0.1) is 5.82 Å². The summed E-state index contributed by atoms with van der Waals surface area (Å²) in [6, 6.07) is 14.7. The van der Waals surface area contributed by atoms with Crippen LogP contribution in [0.4, 0.5) is 4.39 Å². The molecule has 1 aliphatic rings. The van der Waals surface area contributed by atoms with Crippen molar-refractivity contribution in [3.05, 3.63) is 77.1 Å². The Labute approximate surface area is 151 Å². The van der Waals surface area contributed by atoms with E-state index < -0.39 is 0 Å². The Morgan fingerprint density at radius 1 is 1.12 bits per heavy atom. The molecule has 2 heterocycles. The van der Waals surface area contributed by atoms with Gasteiger partial charge in [0.15, 0.2) is 11.6 Å². The highest BCUT2D eigenvalue weighted by Gasteiger charge is 2.23. The molecular formula is C20H20FN5. The van der Waals surface area contributed by atoms with Crippen molar-refractivity contribution in [2.24, 2.45) is 4.99 Å². The van der Waals surface area contributed by atoms with E-state index in [1.54, 1.807) is 12.1 Å². The van der Waals surface area contributed by atoms with Gasteiger partial charge in [0.1, 0.15) is 12.4 Å². The summed E-state index contributed by atoms with van der Waals surface area (Å²) in [5.41, 5.74) is 3.37. The summed E-state index contributed by atoms with van der Waals surface area (Å²) in [7, 11) is 2.04. The minimum atomic E-state index is -0.281. The standard InChI is InChI=1S/C20H20FN5/c1-3-25(2)13-19-24-23-18-12-22-20(14-7-5-4-6-8-14)16-11-15(21)9-10-17(16)26(18)19/h4-11H,3,12-13H2,1-2H3. The van der Waals surface area contributed by atoms with Gasteiger partial charge in [-0.2, -0.15) is 0 Å². The summed E-state index contributed by atoms with van der Waals surface area (Å²) < 4.78 is 16.1. The van der Waals surface area contributed by atoms with Gasteiger partial charge >= 0.3 is 0 Å². The Kier molecular flexibility index (Phi) is 4.34. The Morgan fingerprint density at radius 3 is 2.69 bits per heavy atom. The van der Waals surface area contributed by atoms with Crippen LogP contribution in [0.3, 0.4) is 0 Å². The summed E-state index contributed by atoms with van der Waals surface area (Å²) in [5.74, 6) is 1.32. The van der Waals surface area contributed by atoms with Crippen LogP contribution in [-0.4, -0.2) is 39.0 Å². The molecule has 1 aliphatic heterocycles. The van der Waals surface area contributed by atoms with Gasteiger partial charge in [0.25, 0.3) is 0 Å². The van der Waals surface area contributed by atoms with Crippen LogP contribution in [0.15, 0.2) is 53.5 Å². The fourth-order valence-electron chi connectivity index (χ4n) is 3.16. The fraction of sp³-hybridized carbons (Fsp3) is 0.250. The van der Waals surface area contributed by atoms with Crippen LogP contribution >= 0.6 is 0 Å². The van der Waals surface area contributed by atoms with Gasteiger partial charge in [-0.25, -0.2) is 4.39 Å². The van der Waals surface area contributed by atoms with Crippen molar-refractivity contribution in [3.63, 3.8) is 0 Å². The molecule has 26 heavy (non-hydrogen) atoms. The van der Waals surface area contributed by atoms with Gasteiger partial charge in [-0.3, -0.25) is 14.5 Å². The maximum Gasteiger partial charge on any atom is 0.159 e. The monoisotopic (exact) mass is 349 g/mol. The first kappa shape index (κ1) is 16.6. The van der Waals surface area contributed by atoms with E-state index >= 15 is 0 Å². The summed E-state index contributed by atoms with van der Waals surface area (Å²) in [4.78, 5) is 6.90. The van der Waals surface area contributed by atoms with E-state index in [9.17, 15) is 4.39 Å². The van der Waals surface area contributed by atoms with Crippen molar-refractivity contribution in [1.29, 1.82) is 0 Å². The van der Waals surface area contributed by atoms with E-state index in [4.69, 9.17) is 4.99 Å². The average Bonchev–Trinajstić information content (AvgIpc) is 2.97. The zero-order valence-electron chi connectivity index (χ0n) is 14.9. The number of halogens is 1. The topological polar surface area (TPSA) is 46.3 Å². The highest BCUT2D eigenvalue weighted by molar-refractivity contribution is 6.15. The second kappa shape index (κ2) is 6.80. The molecule has 2 aromatic carbocycles. The normalized spacial score (nSPS) is 13.2. The highest BCUT2D eigenvalue weighted by Crippen LogP contribution is 2.26. The van der Waals surface area contributed by atoms with Crippen molar-refractivity contribution in [2.45, 2.75) is 20.0 Å². The van der Waals surface area contributed by atoms with Gasteiger partial charge < -0.3 is 0 Å². The Balaban J connectivity index is 1.90. The number of aliphatic imine (C=N–C) groups is 1. The number of rotatable bonds is 4. The molecule has 1 aromatic heterocycles. The molecule has 6 heteroatoms. The minimum absolute atomic E-state index is 0.281. The molecule has 132 valence electrons. The Hall–Kier alpha value is -2.86. The molecule has 0 unspecified atom stereocenters. The molecule has 0 bridgehead atoms. The van der Waals surface area contributed by atoms with E-state index in [1.807, 2.05) is 41.9 Å². The maximum absolute atomic E-state index is 14.1. The lowest BCUT2D eigenvalue weighted by molar-refractivity contribution is 0.333. The molecule has 0 spiro atoms. The van der Waals surface area contributed by atoms with Gasteiger partial charge in [-0.15, -0.1) is 10.2 Å². The number of hydrogen-bond donors (Lipinski definition) is 0. The van der Waals surface area contributed by atoms with Gasteiger partial charge in [0.05, 0.1) is 17.9 Å². The molecule has 0 N–H and O–H groups in total. The second-order valence-electron chi connectivity index (χ2n) is 6.39. The van der Waals surface area contributed by atoms with E-state index in [1.165, 1.54) is 6.07 Å². The SMILES string of the molecule is CCN(C)Cc1nnc2n1-c1ccc(F)cc1C(c1ccccc1)=NC2. The smallest absolute Gasteiger partial charge is 0.159 e. The molecular weight excluding hydrogens is 329 g/mol. The zero-order valence-corrected chi connectivity index (χ0v) is 14.9. The third-order valence-electron chi connectivity index (χ3n) is 4.63. The molecule has 4 rings (SSSR count). The molecule has 3 aromatic rings. The maximum atomic E-state index is 14.1. The molecule has 0 radical (unpaired) electrons. The average molecular weight is 349 g/mol. The number of fused-ring (bicyclic) bond motifs is 3. The molecule has 0 atom stereocenters. The quantitative estimate of drug-likeness (QED) is 0.727. The second-order valence-corrected chi connectivity index (χ2v) is 6.39. The molecule has 0 amide bonds. The first-order valence-corrected chi connectivity index (χ1v) is 8.69. The number of hydrogen-bond acceptors (Lipinski definition) is 4. The van der Waals surface area contributed by atoms with Crippen LogP contribution in [0.5, 0.6) is 0 Å². The first-order chi connectivity index (χ1) is 12.7. The van der Waals surface area contributed by atoms with Gasteiger partial charge in [-0.05, 0) is 31.8 Å². The summed E-state index contributed by atoms with van der Waals surface area (Å²) in [6.45, 7) is 4.08. The van der Waals surface area contributed by atoms with Crippen molar-refractivity contribution in [1.82, 2.24) is 19.7 Å². The largest absolute Gasteiger partial charge is 0.299 e. The van der Waals surface area contributed by atoms with Gasteiger partial charge in [0.2, 0.25) is 0 Å². The lowest BCUT2D eigenvalue weighted by atomic mass is 10.0. The van der Waals surface area contributed by atoms with Crippen molar-refractivity contribution >= 4 is 5.71 Å². The third-order valence-corrected chi connectivity index (χ3v) is 4.63. The van der Waals surface area contributed by atoms with Crippen LogP contribution in [0.1, 0.15) is 29.7 Å². The van der Waals surface area contributed by atoms with Crippen molar-refractivity contribution in [2.75, 3.05) is 13.6 Å². The molecule has 0 fully saturated rings. The summed E-state index contributed by atoms with van der Waals surface area (Å²) in [6.07, 6.45) is 0. The van der Waals surface area contributed by atoms with E-state index in [0.717, 1.165) is 40.7 Å². The van der Waals surface area contributed by atoms with Gasteiger partial charge in [0, 0.05) is 11.1 Å². The molecule has 0 saturated heterocycles. The number of aromatic nitrogens is 3. The number of benzene rings is 2. The van der Waals surface area contributed by atoms with Crippen molar-refractivity contribution < 1.29 is 4.39 Å². The minimum Gasteiger partial charge on any atom is -0.299 e. The molecule has 0 saturated carbocycles. The first-order valence-electron chi connectivity index (χ1n) is 8.69. The van der Waals surface area contributed by atoms with Crippen LogP contribution in [0.2, 0.25) is 0 Å². The predicted molar refractivity (Wildman–Crippen MR) is 99.1 cm³/mol. The van der Waals surface area contributed by atoms with Crippen molar-refractivity contribution in [3.8, 4) is 5.69 Å². The Morgan fingerprint density at radius 2 is 1.92 bits per heavy atom. The summed E-state index contributed by atoms with van der Waals surface area (Å²) in [5, 5.41) is 8.69.